The Morgan fingerprint density at radius 1 is 1.19 bits per heavy atom. The number of carbonyl (C=O) groups is 1. The van der Waals surface area contributed by atoms with E-state index in [1.165, 1.54) is 0 Å². The van der Waals surface area contributed by atoms with E-state index >= 15 is 0 Å². The van der Waals surface area contributed by atoms with Crippen molar-refractivity contribution in [2.75, 3.05) is 28.7 Å². The van der Waals surface area contributed by atoms with Crippen LogP contribution in [0.3, 0.4) is 0 Å². The van der Waals surface area contributed by atoms with Crippen molar-refractivity contribution in [3.05, 3.63) is 58.0 Å². The zero-order chi connectivity index (χ0) is 21.5. The summed E-state index contributed by atoms with van der Waals surface area (Å²) in [6.07, 6.45) is 7.36. The van der Waals surface area contributed by atoms with Gasteiger partial charge in [-0.2, -0.15) is 10.1 Å². The number of amides is 1. The third-order valence-electron chi connectivity index (χ3n) is 5.72. The van der Waals surface area contributed by atoms with Crippen molar-refractivity contribution in [2.24, 2.45) is 0 Å². The van der Waals surface area contributed by atoms with Crippen molar-refractivity contribution in [1.29, 1.82) is 0 Å². The summed E-state index contributed by atoms with van der Waals surface area (Å²) < 4.78 is 1.85. The van der Waals surface area contributed by atoms with E-state index in [2.05, 4.69) is 20.3 Å². The minimum atomic E-state index is -0.111. The molecule has 0 spiro atoms. The number of rotatable bonds is 5. The summed E-state index contributed by atoms with van der Waals surface area (Å²) in [5.74, 6) is 1.46. The smallest absolute Gasteiger partial charge is 0.249 e. The van der Waals surface area contributed by atoms with Crippen LogP contribution in [0.2, 0.25) is 10.0 Å². The summed E-state index contributed by atoms with van der Waals surface area (Å²) in [6.45, 7) is 1.98. The van der Waals surface area contributed by atoms with Gasteiger partial charge in [-0.25, -0.2) is 4.98 Å². The second-order valence-corrected chi connectivity index (χ2v) is 8.61. The van der Waals surface area contributed by atoms with Gasteiger partial charge in [-0.3, -0.25) is 9.48 Å². The number of aromatic nitrogens is 4. The highest BCUT2D eigenvalue weighted by atomic mass is 35.5. The zero-order valence-electron chi connectivity index (χ0n) is 16.9. The SMILES string of the molecule is CN1C(=O)[C@@H]2CCCN2c2nc(NCc3cnn(Cc4ccc(Cl)c(Cl)c4)c3)ncc21. The van der Waals surface area contributed by atoms with Gasteiger partial charge in [0.05, 0.1) is 29.0 Å². The summed E-state index contributed by atoms with van der Waals surface area (Å²) in [6, 6.07) is 5.45. The number of carbonyl (C=O) groups excluding carboxylic acids is 1. The van der Waals surface area contributed by atoms with E-state index in [4.69, 9.17) is 28.2 Å². The third-order valence-corrected chi connectivity index (χ3v) is 6.46. The first-order valence-electron chi connectivity index (χ1n) is 10.1. The van der Waals surface area contributed by atoms with Crippen molar-refractivity contribution in [3.63, 3.8) is 0 Å². The van der Waals surface area contributed by atoms with Crippen LogP contribution in [-0.4, -0.2) is 45.3 Å². The van der Waals surface area contributed by atoms with Gasteiger partial charge in [0.2, 0.25) is 11.9 Å². The first kappa shape index (κ1) is 20.1. The Morgan fingerprint density at radius 3 is 2.90 bits per heavy atom. The maximum atomic E-state index is 12.5. The van der Waals surface area contributed by atoms with Crippen molar-refractivity contribution in [3.8, 4) is 0 Å². The maximum Gasteiger partial charge on any atom is 0.249 e. The number of hydrogen-bond donors (Lipinski definition) is 1. The number of likely N-dealkylation sites (N-methyl/N-ethyl adjacent to an activating group) is 1. The molecule has 10 heteroatoms. The molecule has 1 amide bonds. The quantitative estimate of drug-likeness (QED) is 0.630. The Labute approximate surface area is 189 Å². The average molecular weight is 458 g/mol. The molecule has 0 aliphatic carbocycles. The molecule has 2 aliphatic rings. The summed E-state index contributed by atoms with van der Waals surface area (Å²) in [5.41, 5.74) is 2.78. The fourth-order valence-corrected chi connectivity index (χ4v) is 4.43. The molecule has 0 saturated carbocycles. The molecular formula is C21H21Cl2N7O. The molecule has 1 atom stereocenters. The molecule has 4 heterocycles. The van der Waals surface area contributed by atoms with Crippen molar-refractivity contribution in [1.82, 2.24) is 19.7 Å². The van der Waals surface area contributed by atoms with Crippen LogP contribution >= 0.6 is 23.2 Å². The topological polar surface area (TPSA) is 79.2 Å². The van der Waals surface area contributed by atoms with E-state index in [1.807, 2.05) is 29.2 Å². The number of anilines is 3. The number of benzene rings is 1. The van der Waals surface area contributed by atoms with Crippen LogP contribution in [0.5, 0.6) is 0 Å². The minimum Gasteiger partial charge on any atom is -0.350 e. The summed E-state index contributed by atoms with van der Waals surface area (Å²) in [7, 11) is 1.79. The second-order valence-electron chi connectivity index (χ2n) is 7.80. The minimum absolute atomic E-state index is 0.111. The van der Waals surface area contributed by atoms with Gasteiger partial charge in [0, 0.05) is 31.9 Å². The van der Waals surface area contributed by atoms with Crippen LogP contribution in [-0.2, 0) is 17.9 Å². The molecule has 0 bridgehead atoms. The zero-order valence-corrected chi connectivity index (χ0v) is 18.4. The first-order chi connectivity index (χ1) is 15.0. The first-order valence-corrected chi connectivity index (χ1v) is 10.9. The summed E-state index contributed by atoms with van der Waals surface area (Å²) >= 11 is 12.1. The van der Waals surface area contributed by atoms with Gasteiger partial charge in [-0.15, -0.1) is 0 Å². The lowest BCUT2D eigenvalue weighted by Crippen LogP contribution is -2.49. The molecule has 31 heavy (non-hydrogen) atoms. The van der Waals surface area contributed by atoms with Gasteiger partial charge < -0.3 is 15.1 Å². The monoisotopic (exact) mass is 457 g/mol. The second kappa shape index (κ2) is 8.01. The third kappa shape index (κ3) is 3.81. The van der Waals surface area contributed by atoms with Gasteiger partial charge in [-0.1, -0.05) is 29.3 Å². The van der Waals surface area contributed by atoms with Gasteiger partial charge in [0.1, 0.15) is 11.7 Å². The Morgan fingerprint density at radius 2 is 2.06 bits per heavy atom. The van der Waals surface area contributed by atoms with Crippen LogP contribution in [0.25, 0.3) is 0 Å². The highest BCUT2D eigenvalue weighted by Crippen LogP contribution is 2.37. The molecule has 5 rings (SSSR count). The molecule has 160 valence electrons. The van der Waals surface area contributed by atoms with E-state index in [0.29, 0.717) is 29.1 Å². The van der Waals surface area contributed by atoms with Crippen LogP contribution < -0.4 is 15.1 Å². The standard InChI is InChI=1S/C21H21Cl2N7O/c1-28-18-10-25-21(27-19(18)30-6-2-3-17(30)20(28)31)24-8-14-9-26-29(12-14)11-13-4-5-15(22)16(23)7-13/h4-5,7,9-10,12,17H,2-3,6,8,11H2,1H3,(H,24,25,27)/t17-/m0/s1. The lowest BCUT2D eigenvalue weighted by Gasteiger charge is -2.36. The van der Waals surface area contributed by atoms with Gasteiger partial charge in [-0.05, 0) is 30.5 Å². The summed E-state index contributed by atoms with van der Waals surface area (Å²) in [5, 5.41) is 8.75. The molecule has 3 aromatic rings. The van der Waals surface area contributed by atoms with E-state index in [0.717, 1.165) is 42.0 Å². The maximum absolute atomic E-state index is 12.5. The molecule has 1 N–H and O–H groups in total. The highest BCUT2D eigenvalue weighted by Gasteiger charge is 2.40. The van der Waals surface area contributed by atoms with Crippen LogP contribution in [0.1, 0.15) is 24.0 Å². The van der Waals surface area contributed by atoms with E-state index < -0.39 is 0 Å². The highest BCUT2D eigenvalue weighted by molar-refractivity contribution is 6.42. The Bertz CT molecular complexity index is 1150. The number of nitrogens with one attached hydrogen (secondary N) is 1. The Kier molecular flexibility index (Phi) is 5.19. The number of fused-ring (bicyclic) bond motifs is 3. The lowest BCUT2D eigenvalue weighted by atomic mass is 10.1. The van der Waals surface area contributed by atoms with E-state index in [1.54, 1.807) is 24.2 Å². The Hall–Kier alpha value is -2.84. The van der Waals surface area contributed by atoms with E-state index in [-0.39, 0.29) is 11.9 Å². The largest absolute Gasteiger partial charge is 0.350 e. The van der Waals surface area contributed by atoms with Gasteiger partial charge in [0.15, 0.2) is 5.82 Å². The molecule has 8 nitrogen and oxygen atoms in total. The summed E-state index contributed by atoms with van der Waals surface area (Å²) in [4.78, 5) is 25.4. The van der Waals surface area contributed by atoms with Crippen molar-refractivity contribution < 1.29 is 4.79 Å². The fourth-order valence-electron chi connectivity index (χ4n) is 4.11. The van der Waals surface area contributed by atoms with Gasteiger partial charge >= 0.3 is 0 Å². The number of hydrogen-bond acceptors (Lipinski definition) is 6. The van der Waals surface area contributed by atoms with Gasteiger partial charge in [0.25, 0.3) is 0 Å². The predicted molar refractivity (Wildman–Crippen MR) is 121 cm³/mol. The Balaban J connectivity index is 1.27. The van der Waals surface area contributed by atoms with Crippen molar-refractivity contribution >= 4 is 46.6 Å². The normalized spacial score (nSPS) is 17.6. The molecule has 1 saturated heterocycles. The van der Waals surface area contributed by atoms with Crippen LogP contribution in [0.15, 0.2) is 36.8 Å². The van der Waals surface area contributed by atoms with E-state index in [9.17, 15) is 4.79 Å². The van der Waals surface area contributed by atoms with Crippen LogP contribution in [0, 0.1) is 0 Å². The fraction of sp³-hybridized carbons (Fsp3) is 0.333. The molecule has 0 radical (unpaired) electrons. The predicted octanol–water partition coefficient (Wildman–Crippen LogP) is 3.59. The molecule has 1 aromatic carbocycles. The average Bonchev–Trinajstić information content (AvgIpc) is 3.43. The lowest BCUT2D eigenvalue weighted by molar-refractivity contribution is -0.119. The molecule has 1 fully saturated rings. The van der Waals surface area contributed by atoms with Crippen LogP contribution in [0.4, 0.5) is 17.5 Å². The molecular weight excluding hydrogens is 437 g/mol. The van der Waals surface area contributed by atoms with Crippen molar-refractivity contribution in [2.45, 2.75) is 32.0 Å². The number of nitrogens with zero attached hydrogens (tertiary/aromatic N) is 6. The molecule has 2 aliphatic heterocycles. The number of halogens is 2. The molecule has 0 unspecified atom stereocenters. The molecule has 2 aromatic heterocycles.